The fraction of sp³-hybridized carbons (Fsp3) is 0.0714. The van der Waals surface area contributed by atoms with Gasteiger partial charge in [0.25, 0.3) is 0 Å². The normalized spacial score (nSPS) is 10.8. The van der Waals surface area contributed by atoms with Crippen molar-refractivity contribution in [2.24, 2.45) is 0 Å². The number of phenolic OH excluding ortho intramolecular Hbond substituents is 2. The summed E-state index contributed by atoms with van der Waals surface area (Å²) in [6.45, 7) is 0. The molecule has 1 aromatic heterocycles. The Labute approximate surface area is 109 Å². The Hall–Kier alpha value is -2.69. The van der Waals surface area contributed by atoms with Crippen LogP contribution in [-0.2, 0) is 0 Å². The monoisotopic (exact) mass is 256 g/mol. The molecule has 5 nitrogen and oxygen atoms in total. The minimum Gasteiger partial charge on any atom is -0.507 e. The van der Waals surface area contributed by atoms with E-state index in [4.69, 9.17) is 4.74 Å². The zero-order valence-corrected chi connectivity index (χ0v) is 10.2. The van der Waals surface area contributed by atoms with Gasteiger partial charge in [-0.1, -0.05) is 12.1 Å². The van der Waals surface area contributed by atoms with Crippen LogP contribution in [0.2, 0.25) is 0 Å². The van der Waals surface area contributed by atoms with E-state index in [9.17, 15) is 10.2 Å². The predicted octanol–water partition coefficient (Wildman–Crippen LogP) is 2.65. The summed E-state index contributed by atoms with van der Waals surface area (Å²) >= 11 is 0. The van der Waals surface area contributed by atoms with Gasteiger partial charge >= 0.3 is 0 Å². The van der Waals surface area contributed by atoms with Crippen molar-refractivity contribution in [2.45, 2.75) is 0 Å². The number of ether oxygens (including phenoxy) is 1. The summed E-state index contributed by atoms with van der Waals surface area (Å²) in [5, 5.41) is 19.5. The number of H-pyrrole nitrogens is 1. The van der Waals surface area contributed by atoms with Gasteiger partial charge < -0.3 is 19.9 Å². The maximum atomic E-state index is 9.91. The molecule has 96 valence electrons. The molecule has 0 atom stereocenters. The number of aromatic amines is 1. The van der Waals surface area contributed by atoms with Gasteiger partial charge in [-0.2, -0.15) is 0 Å². The van der Waals surface area contributed by atoms with Crippen LogP contribution in [0.1, 0.15) is 0 Å². The first kappa shape index (κ1) is 11.4. The number of hydrogen-bond acceptors (Lipinski definition) is 4. The number of nitrogens with one attached hydrogen (secondary N) is 1. The third-order valence-corrected chi connectivity index (χ3v) is 2.94. The SMILES string of the molecule is COc1cc(-c2nc3ccccc3[nH]2)c(O)cc1O. The smallest absolute Gasteiger partial charge is 0.161 e. The van der Waals surface area contributed by atoms with Gasteiger partial charge in [0.2, 0.25) is 0 Å². The topological polar surface area (TPSA) is 78.4 Å². The van der Waals surface area contributed by atoms with Crippen LogP contribution < -0.4 is 4.74 Å². The third-order valence-electron chi connectivity index (χ3n) is 2.94. The molecule has 0 spiro atoms. The highest BCUT2D eigenvalue weighted by molar-refractivity contribution is 5.81. The van der Waals surface area contributed by atoms with Crippen molar-refractivity contribution < 1.29 is 14.9 Å². The summed E-state index contributed by atoms with van der Waals surface area (Å²) in [6.07, 6.45) is 0. The number of phenols is 2. The Kier molecular flexibility index (Phi) is 2.52. The highest BCUT2D eigenvalue weighted by atomic mass is 16.5. The molecule has 3 aromatic rings. The lowest BCUT2D eigenvalue weighted by molar-refractivity contribution is 0.370. The van der Waals surface area contributed by atoms with Gasteiger partial charge in [-0.05, 0) is 18.2 Å². The van der Waals surface area contributed by atoms with Crippen molar-refractivity contribution in [3.63, 3.8) is 0 Å². The van der Waals surface area contributed by atoms with E-state index in [-0.39, 0.29) is 17.2 Å². The molecule has 5 heteroatoms. The van der Waals surface area contributed by atoms with Crippen LogP contribution in [0.5, 0.6) is 17.2 Å². The average Bonchev–Trinajstić information content (AvgIpc) is 2.82. The largest absolute Gasteiger partial charge is 0.507 e. The molecule has 1 heterocycles. The fourth-order valence-electron chi connectivity index (χ4n) is 1.99. The van der Waals surface area contributed by atoms with E-state index in [2.05, 4.69) is 9.97 Å². The minimum atomic E-state index is -0.111. The first-order valence-electron chi connectivity index (χ1n) is 5.74. The molecule has 0 aliphatic rings. The van der Waals surface area contributed by atoms with Gasteiger partial charge in [0.15, 0.2) is 11.5 Å². The van der Waals surface area contributed by atoms with Gasteiger partial charge in [-0.3, -0.25) is 0 Å². The summed E-state index contributed by atoms with van der Waals surface area (Å²) in [6, 6.07) is 10.4. The van der Waals surface area contributed by atoms with Crippen LogP contribution in [0, 0.1) is 0 Å². The quantitative estimate of drug-likeness (QED) is 0.658. The number of para-hydroxylation sites is 2. The molecule has 3 N–H and O–H groups in total. The summed E-state index contributed by atoms with van der Waals surface area (Å²) in [5.74, 6) is 0.641. The van der Waals surface area contributed by atoms with E-state index >= 15 is 0 Å². The van der Waals surface area contributed by atoms with E-state index in [1.165, 1.54) is 13.2 Å². The van der Waals surface area contributed by atoms with Crippen LogP contribution in [-0.4, -0.2) is 27.3 Å². The Morgan fingerprint density at radius 1 is 1.11 bits per heavy atom. The zero-order chi connectivity index (χ0) is 13.4. The second-order valence-electron chi connectivity index (χ2n) is 4.14. The molecule has 19 heavy (non-hydrogen) atoms. The van der Waals surface area contributed by atoms with Crippen LogP contribution in [0.15, 0.2) is 36.4 Å². The molecule has 0 amide bonds. The molecule has 0 saturated carbocycles. The lowest BCUT2D eigenvalue weighted by Crippen LogP contribution is -1.87. The highest BCUT2D eigenvalue weighted by Crippen LogP contribution is 2.38. The molecule has 0 aliphatic heterocycles. The van der Waals surface area contributed by atoms with Gasteiger partial charge in [0.05, 0.1) is 23.7 Å². The van der Waals surface area contributed by atoms with Crippen LogP contribution >= 0.6 is 0 Å². The lowest BCUT2D eigenvalue weighted by atomic mass is 10.1. The fourth-order valence-corrected chi connectivity index (χ4v) is 1.99. The molecule has 0 saturated heterocycles. The number of rotatable bonds is 2. The summed E-state index contributed by atoms with van der Waals surface area (Å²) in [4.78, 5) is 7.51. The number of hydrogen-bond donors (Lipinski definition) is 3. The van der Waals surface area contributed by atoms with Crippen LogP contribution in [0.4, 0.5) is 0 Å². The highest BCUT2D eigenvalue weighted by Gasteiger charge is 2.14. The van der Waals surface area contributed by atoms with Gasteiger partial charge in [-0.25, -0.2) is 4.98 Å². The van der Waals surface area contributed by atoms with Crippen molar-refractivity contribution in [1.29, 1.82) is 0 Å². The van der Waals surface area contributed by atoms with Crippen molar-refractivity contribution in [3.05, 3.63) is 36.4 Å². The van der Waals surface area contributed by atoms with E-state index in [1.807, 2.05) is 24.3 Å². The predicted molar refractivity (Wildman–Crippen MR) is 71.4 cm³/mol. The number of aromatic nitrogens is 2. The molecule has 2 aromatic carbocycles. The first-order valence-corrected chi connectivity index (χ1v) is 5.74. The molecule has 0 aliphatic carbocycles. The van der Waals surface area contributed by atoms with Crippen LogP contribution in [0.25, 0.3) is 22.4 Å². The van der Waals surface area contributed by atoms with Gasteiger partial charge in [0, 0.05) is 6.07 Å². The van der Waals surface area contributed by atoms with Crippen molar-refractivity contribution >= 4 is 11.0 Å². The lowest BCUT2D eigenvalue weighted by Gasteiger charge is -2.07. The number of fused-ring (bicyclic) bond motifs is 1. The Balaban J connectivity index is 2.20. The van der Waals surface area contributed by atoms with E-state index in [0.29, 0.717) is 11.4 Å². The molecule has 0 unspecified atom stereocenters. The summed E-state index contributed by atoms with van der Waals surface area (Å²) in [5.41, 5.74) is 2.17. The second-order valence-corrected chi connectivity index (χ2v) is 4.14. The summed E-state index contributed by atoms with van der Waals surface area (Å²) < 4.78 is 5.03. The molecule has 3 rings (SSSR count). The molecule has 0 fully saturated rings. The Bertz CT molecular complexity index is 717. The van der Waals surface area contributed by atoms with Crippen molar-refractivity contribution in [1.82, 2.24) is 9.97 Å². The molecular weight excluding hydrogens is 244 g/mol. The van der Waals surface area contributed by atoms with E-state index < -0.39 is 0 Å². The number of nitrogens with zero attached hydrogens (tertiary/aromatic N) is 1. The average molecular weight is 256 g/mol. The number of aromatic hydroxyl groups is 2. The van der Waals surface area contributed by atoms with Crippen molar-refractivity contribution in [2.75, 3.05) is 7.11 Å². The molecular formula is C14H12N2O3. The maximum absolute atomic E-state index is 9.91. The number of benzene rings is 2. The molecule has 0 radical (unpaired) electrons. The first-order chi connectivity index (χ1) is 9.19. The minimum absolute atomic E-state index is 0.0580. The van der Waals surface area contributed by atoms with Gasteiger partial charge in [0.1, 0.15) is 11.6 Å². The molecule has 0 bridgehead atoms. The van der Waals surface area contributed by atoms with E-state index in [1.54, 1.807) is 6.07 Å². The Morgan fingerprint density at radius 3 is 2.63 bits per heavy atom. The standard InChI is InChI=1S/C14H12N2O3/c1-19-13-6-8(11(17)7-12(13)18)14-15-9-4-2-3-5-10(9)16-14/h2-7,17-18H,1H3,(H,15,16). The Morgan fingerprint density at radius 2 is 1.89 bits per heavy atom. The number of methoxy groups -OCH3 is 1. The third kappa shape index (κ3) is 1.85. The number of imidazole rings is 1. The zero-order valence-electron chi connectivity index (χ0n) is 10.2. The van der Waals surface area contributed by atoms with Gasteiger partial charge in [-0.15, -0.1) is 0 Å². The van der Waals surface area contributed by atoms with Crippen molar-refractivity contribution in [3.8, 4) is 28.6 Å². The second kappa shape index (κ2) is 4.20. The maximum Gasteiger partial charge on any atom is 0.161 e. The van der Waals surface area contributed by atoms with E-state index in [0.717, 1.165) is 11.0 Å². The van der Waals surface area contributed by atoms with Crippen LogP contribution in [0.3, 0.4) is 0 Å². The summed E-state index contributed by atoms with van der Waals surface area (Å²) in [7, 11) is 1.45.